The summed E-state index contributed by atoms with van der Waals surface area (Å²) in [6, 6.07) is 9.46. The molecule has 1 atom stereocenters. The lowest BCUT2D eigenvalue weighted by atomic mass is 9.94. The number of esters is 1. The van der Waals surface area contributed by atoms with Gasteiger partial charge in [-0.05, 0) is 55.2 Å². The summed E-state index contributed by atoms with van der Waals surface area (Å²) >= 11 is 5.84. The zero-order chi connectivity index (χ0) is 26.8. The van der Waals surface area contributed by atoms with Gasteiger partial charge in [0.05, 0.1) is 37.2 Å². The van der Waals surface area contributed by atoms with Crippen molar-refractivity contribution in [2.24, 2.45) is 0 Å². The monoisotopic (exact) mass is 535 g/mol. The largest absolute Gasteiger partial charge is 0.469 e. The number of nitrogens with one attached hydrogen (secondary N) is 2. The Bertz CT molecular complexity index is 1060. The van der Waals surface area contributed by atoms with Crippen molar-refractivity contribution in [2.75, 3.05) is 56.1 Å². The van der Waals surface area contributed by atoms with Crippen LogP contribution in [0.1, 0.15) is 44.1 Å². The predicted octanol–water partition coefficient (Wildman–Crippen LogP) is 5.81. The number of halogens is 2. The minimum atomic E-state index is -0.635. The number of carbonyl (C=O) groups excluding carboxylic acids is 2. The molecule has 202 valence electrons. The van der Waals surface area contributed by atoms with Crippen LogP contribution in [0.2, 0.25) is 5.02 Å². The molecule has 37 heavy (non-hydrogen) atoms. The highest BCUT2D eigenvalue weighted by Crippen LogP contribution is 2.35. The molecule has 0 spiro atoms. The van der Waals surface area contributed by atoms with Crippen molar-refractivity contribution in [3.8, 4) is 0 Å². The van der Waals surface area contributed by atoms with Gasteiger partial charge in [0, 0.05) is 43.9 Å². The Labute approximate surface area is 222 Å². The van der Waals surface area contributed by atoms with E-state index in [9.17, 15) is 14.0 Å². The van der Waals surface area contributed by atoms with Gasteiger partial charge in [0.15, 0.2) is 0 Å². The van der Waals surface area contributed by atoms with E-state index in [1.54, 1.807) is 7.11 Å². The fourth-order valence-electron chi connectivity index (χ4n) is 4.52. The summed E-state index contributed by atoms with van der Waals surface area (Å²) in [6.45, 7) is 4.55. The number of amides is 2. The second-order valence-electron chi connectivity index (χ2n) is 8.95. The third-order valence-corrected chi connectivity index (χ3v) is 6.57. The number of hydrogen-bond acceptors (Lipinski definition) is 6. The van der Waals surface area contributed by atoms with Gasteiger partial charge in [-0.1, -0.05) is 24.6 Å². The van der Waals surface area contributed by atoms with Crippen molar-refractivity contribution < 1.29 is 28.2 Å². The van der Waals surface area contributed by atoms with Crippen LogP contribution < -0.4 is 15.5 Å². The SMILES string of the molecule is CCCN(c1ccc([C@H](COC)CC(=O)OC)cc1NC(=O)Nc1ccc(Cl)cc1F)C1CCOCC1. The predicted molar refractivity (Wildman–Crippen MR) is 143 cm³/mol. The Morgan fingerprint density at radius 3 is 2.51 bits per heavy atom. The van der Waals surface area contributed by atoms with Crippen molar-refractivity contribution in [1.82, 2.24) is 0 Å². The molecular weight excluding hydrogens is 501 g/mol. The van der Waals surface area contributed by atoms with E-state index in [2.05, 4.69) is 22.5 Å². The third kappa shape index (κ3) is 8.05. The molecule has 1 aliphatic rings. The van der Waals surface area contributed by atoms with E-state index in [-0.39, 0.29) is 35.1 Å². The molecule has 2 amide bonds. The van der Waals surface area contributed by atoms with E-state index >= 15 is 0 Å². The molecule has 2 N–H and O–H groups in total. The maximum Gasteiger partial charge on any atom is 0.323 e. The Hall–Kier alpha value is -2.88. The zero-order valence-electron chi connectivity index (χ0n) is 21.5. The van der Waals surface area contributed by atoms with Crippen molar-refractivity contribution in [3.63, 3.8) is 0 Å². The zero-order valence-corrected chi connectivity index (χ0v) is 22.3. The minimum Gasteiger partial charge on any atom is -0.469 e. The standard InChI is InChI=1S/C27H35ClFN3O5/c1-4-11-32(21-9-12-37-13-10-21)25-8-5-18(19(17-35-2)15-26(33)36-3)14-24(25)31-27(34)30-23-7-6-20(28)16-22(23)29/h5-8,14,16,19,21H,4,9-13,15,17H2,1-3H3,(H2,30,31,34)/t19-/m0/s1. The van der Waals surface area contributed by atoms with E-state index in [1.165, 1.54) is 19.2 Å². The van der Waals surface area contributed by atoms with Crippen LogP contribution in [0.25, 0.3) is 0 Å². The summed E-state index contributed by atoms with van der Waals surface area (Å²) in [5.74, 6) is -1.26. The molecule has 0 aliphatic carbocycles. The lowest BCUT2D eigenvalue weighted by Crippen LogP contribution is -2.40. The number of anilines is 3. The van der Waals surface area contributed by atoms with Crippen LogP contribution in [-0.4, -0.2) is 58.6 Å². The maximum absolute atomic E-state index is 14.3. The molecule has 0 radical (unpaired) electrons. The Morgan fingerprint density at radius 1 is 1.14 bits per heavy atom. The van der Waals surface area contributed by atoms with Crippen LogP contribution in [0, 0.1) is 5.82 Å². The molecular formula is C27H35ClFN3O5. The number of nitrogens with zero attached hydrogens (tertiary/aromatic N) is 1. The number of urea groups is 1. The Balaban J connectivity index is 1.97. The third-order valence-electron chi connectivity index (χ3n) is 6.33. The van der Waals surface area contributed by atoms with Crippen LogP contribution in [0.5, 0.6) is 0 Å². The molecule has 1 fully saturated rings. The normalized spacial score (nSPS) is 14.6. The topological polar surface area (TPSA) is 89.1 Å². The van der Waals surface area contributed by atoms with Crippen LogP contribution in [0.4, 0.5) is 26.2 Å². The summed E-state index contributed by atoms with van der Waals surface area (Å²) in [7, 11) is 2.92. The molecule has 2 aromatic carbocycles. The Morgan fingerprint density at radius 2 is 1.86 bits per heavy atom. The summed E-state index contributed by atoms with van der Waals surface area (Å²) in [5, 5.41) is 5.70. The molecule has 1 heterocycles. The van der Waals surface area contributed by atoms with Crippen molar-refractivity contribution in [3.05, 3.63) is 52.8 Å². The van der Waals surface area contributed by atoms with Gasteiger partial charge in [-0.2, -0.15) is 0 Å². The molecule has 0 bridgehead atoms. The molecule has 1 saturated heterocycles. The quantitative estimate of drug-likeness (QED) is 0.353. The van der Waals surface area contributed by atoms with Crippen molar-refractivity contribution >= 4 is 40.7 Å². The minimum absolute atomic E-state index is 0.0115. The first-order valence-corrected chi connectivity index (χ1v) is 12.8. The van der Waals surface area contributed by atoms with E-state index in [0.29, 0.717) is 25.5 Å². The van der Waals surface area contributed by atoms with Gasteiger partial charge in [-0.3, -0.25) is 4.79 Å². The smallest absolute Gasteiger partial charge is 0.323 e. The van der Waals surface area contributed by atoms with Gasteiger partial charge in [0.25, 0.3) is 0 Å². The van der Waals surface area contributed by atoms with E-state index < -0.39 is 11.8 Å². The number of benzene rings is 2. The number of hydrogen-bond donors (Lipinski definition) is 2. The summed E-state index contributed by atoms with van der Waals surface area (Å²) in [4.78, 5) is 27.3. The highest BCUT2D eigenvalue weighted by Gasteiger charge is 2.25. The number of ether oxygens (including phenoxy) is 3. The molecule has 0 unspecified atom stereocenters. The number of carbonyl (C=O) groups is 2. The Kier molecular flexibility index (Phi) is 11.0. The first kappa shape index (κ1) is 28.7. The average Bonchev–Trinajstić information content (AvgIpc) is 2.89. The number of rotatable bonds is 11. The second-order valence-corrected chi connectivity index (χ2v) is 9.39. The van der Waals surface area contributed by atoms with E-state index in [4.69, 9.17) is 25.8 Å². The van der Waals surface area contributed by atoms with Crippen LogP contribution in [0.3, 0.4) is 0 Å². The summed E-state index contributed by atoms with van der Waals surface area (Å²) in [6.07, 6.45) is 2.79. The fourth-order valence-corrected chi connectivity index (χ4v) is 4.68. The van der Waals surface area contributed by atoms with Crippen molar-refractivity contribution in [2.45, 2.75) is 44.6 Å². The second kappa shape index (κ2) is 14.2. The summed E-state index contributed by atoms with van der Waals surface area (Å²) < 4.78 is 30.1. The fraction of sp³-hybridized carbons (Fsp3) is 0.481. The molecule has 0 aromatic heterocycles. The van der Waals surface area contributed by atoms with Crippen LogP contribution >= 0.6 is 11.6 Å². The molecule has 1 aliphatic heterocycles. The molecule has 10 heteroatoms. The maximum atomic E-state index is 14.3. The highest BCUT2D eigenvalue weighted by atomic mass is 35.5. The molecule has 3 rings (SSSR count). The van der Waals surface area contributed by atoms with Crippen LogP contribution in [0.15, 0.2) is 36.4 Å². The highest BCUT2D eigenvalue weighted by molar-refractivity contribution is 6.30. The van der Waals surface area contributed by atoms with Crippen molar-refractivity contribution in [1.29, 1.82) is 0 Å². The lowest BCUT2D eigenvalue weighted by Gasteiger charge is -2.37. The van der Waals surface area contributed by atoms with Crippen LogP contribution in [-0.2, 0) is 19.0 Å². The van der Waals surface area contributed by atoms with E-state index in [1.807, 2.05) is 18.2 Å². The molecule has 8 nitrogen and oxygen atoms in total. The van der Waals surface area contributed by atoms with Gasteiger partial charge in [0.2, 0.25) is 0 Å². The first-order valence-electron chi connectivity index (χ1n) is 12.4. The van der Waals surface area contributed by atoms with Gasteiger partial charge >= 0.3 is 12.0 Å². The lowest BCUT2D eigenvalue weighted by molar-refractivity contribution is -0.141. The number of methoxy groups -OCH3 is 2. The average molecular weight is 536 g/mol. The summed E-state index contributed by atoms with van der Waals surface area (Å²) in [5.41, 5.74) is 2.22. The first-order chi connectivity index (χ1) is 17.9. The molecule has 0 saturated carbocycles. The van der Waals surface area contributed by atoms with Gasteiger partial charge in [-0.15, -0.1) is 0 Å². The van der Waals surface area contributed by atoms with Gasteiger partial charge in [-0.25, -0.2) is 9.18 Å². The van der Waals surface area contributed by atoms with E-state index in [0.717, 1.165) is 43.1 Å². The van der Waals surface area contributed by atoms with Gasteiger partial charge < -0.3 is 29.7 Å². The van der Waals surface area contributed by atoms with Gasteiger partial charge in [0.1, 0.15) is 5.82 Å². The molecule has 2 aromatic rings.